The second-order valence-corrected chi connectivity index (χ2v) is 7.76. The zero-order valence-corrected chi connectivity index (χ0v) is 17.9. The Morgan fingerprint density at radius 1 is 1.09 bits per heavy atom. The van der Waals surface area contributed by atoms with Crippen LogP contribution in [0.3, 0.4) is 0 Å². The van der Waals surface area contributed by atoms with Gasteiger partial charge in [-0.3, -0.25) is 4.79 Å². The molecule has 0 bridgehead atoms. The number of aromatic nitrogens is 1. The van der Waals surface area contributed by atoms with Gasteiger partial charge in [0.15, 0.2) is 0 Å². The van der Waals surface area contributed by atoms with Crippen molar-refractivity contribution < 1.29 is 9.18 Å². The van der Waals surface area contributed by atoms with Crippen molar-refractivity contribution >= 4 is 28.6 Å². The number of hydrogen-bond donors (Lipinski definition) is 1. The maximum Gasteiger partial charge on any atom is 0.266 e. The van der Waals surface area contributed by atoms with Crippen molar-refractivity contribution in [1.82, 2.24) is 4.57 Å². The number of rotatable bonds is 5. The van der Waals surface area contributed by atoms with Crippen LogP contribution in [0.5, 0.6) is 0 Å². The van der Waals surface area contributed by atoms with E-state index >= 15 is 0 Å². The Kier molecular flexibility index (Phi) is 5.87. The molecule has 4 rings (SSSR count). The lowest BCUT2D eigenvalue weighted by Crippen LogP contribution is -2.14. The number of benzene rings is 3. The van der Waals surface area contributed by atoms with E-state index in [4.69, 9.17) is 0 Å². The third kappa shape index (κ3) is 4.45. The Morgan fingerprint density at radius 3 is 2.69 bits per heavy atom. The fraction of sp³-hybridized carbons (Fsp3) is 0.111. The smallest absolute Gasteiger partial charge is 0.266 e. The lowest BCUT2D eigenvalue weighted by molar-refractivity contribution is -0.112. The van der Waals surface area contributed by atoms with E-state index in [-0.39, 0.29) is 11.4 Å². The molecule has 0 aliphatic rings. The van der Waals surface area contributed by atoms with Gasteiger partial charge in [-0.05, 0) is 78.6 Å². The average molecular weight is 423 g/mol. The molecule has 1 amide bonds. The highest BCUT2D eigenvalue weighted by Crippen LogP contribution is 2.22. The number of nitrogens with one attached hydrogen (secondary N) is 1. The number of nitriles is 1. The summed E-state index contributed by atoms with van der Waals surface area (Å²) >= 11 is 0. The Bertz CT molecular complexity index is 1390. The van der Waals surface area contributed by atoms with Crippen molar-refractivity contribution in [3.05, 3.63) is 107 Å². The van der Waals surface area contributed by atoms with E-state index in [0.717, 1.165) is 33.2 Å². The molecule has 0 fully saturated rings. The fourth-order valence-corrected chi connectivity index (χ4v) is 3.67. The quantitative estimate of drug-likeness (QED) is 0.317. The number of amides is 1. The van der Waals surface area contributed by atoms with Crippen LogP contribution in [0.2, 0.25) is 0 Å². The first kappa shape index (κ1) is 21.1. The van der Waals surface area contributed by atoms with Crippen LogP contribution in [-0.2, 0) is 11.3 Å². The molecular formula is C27H22FN3O. The SMILES string of the molecule is Cc1cccc(NC(=O)/C(C#N)=C/c2ccc3c(ccn3Cc3cccc(F)c3)c2)c1C. The lowest BCUT2D eigenvalue weighted by atomic mass is 10.1. The van der Waals surface area contributed by atoms with Crippen molar-refractivity contribution in [3.63, 3.8) is 0 Å². The summed E-state index contributed by atoms with van der Waals surface area (Å²) in [6, 6.07) is 21.9. The standard InChI is InChI=1S/C27H22FN3O/c1-18-5-3-8-25(19(18)2)30-27(32)23(16-29)14-20-9-10-26-22(13-20)11-12-31(26)17-21-6-4-7-24(28)15-21/h3-15H,17H2,1-2H3,(H,30,32)/b23-14+. The molecule has 4 nitrogen and oxygen atoms in total. The van der Waals surface area contributed by atoms with Crippen LogP contribution < -0.4 is 5.32 Å². The Labute approximate surface area is 186 Å². The number of nitrogens with zero attached hydrogens (tertiary/aromatic N) is 2. The highest BCUT2D eigenvalue weighted by Gasteiger charge is 2.12. The minimum absolute atomic E-state index is 0.0319. The van der Waals surface area contributed by atoms with Gasteiger partial charge in [-0.1, -0.05) is 30.3 Å². The first-order chi connectivity index (χ1) is 15.4. The van der Waals surface area contributed by atoms with Gasteiger partial charge in [0.25, 0.3) is 5.91 Å². The Balaban J connectivity index is 1.57. The van der Waals surface area contributed by atoms with Gasteiger partial charge in [-0.25, -0.2) is 4.39 Å². The molecule has 158 valence electrons. The molecule has 5 heteroatoms. The third-order valence-corrected chi connectivity index (χ3v) is 5.57. The van der Waals surface area contributed by atoms with Gasteiger partial charge in [0, 0.05) is 29.3 Å². The Morgan fingerprint density at radius 2 is 1.91 bits per heavy atom. The van der Waals surface area contributed by atoms with Gasteiger partial charge in [0.05, 0.1) is 0 Å². The van der Waals surface area contributed by atoms with E-state index in [1.54, 1.807) is 12.1 Å². The Hall–Kier alpha value is -4.17. The van der Waals surface area contributed by atoms with Gasteiger partial charge < -0.3 is 9.88 Å². The number of hydrogen-bond acceptors (Lipinski definition) is 2. The van der Waals surface area contributed by atoms with Crippen molar-refractivity contribution in [2.75, 3.05) is 5.32 Å². The van der Waals surface area contributed by atoms with Crippen molar-refractivity contribution in [3.8, 4) is 6.07 Å². The van der Waals surface area contributed by atoms with E-state index in [9.17, 15) is 14.4 Å². The highest BCUT2D eigenvalue weighted by atomic mass is 19.1. The fourth-order valence-electron chi connectivity index (χ4n) is 3.67. The summed E-state index contributed by atoms with van der Waals surface area (Å²) in [4.78, 5) is 12.7. The number of aryl methyl sites for hydroxylation is 1. The zero-order valence-electron chi connectivity index (χ0n) is 17.9. The van der Waals surface area contributed by atoms with Gasteiger partial charge >= 0.3 is 0 Å². The molecule has 1 heterocycles. The molecule has 0 aliphatic carbocycles. The van der Waals surface area contributed by atoms with E-state index in [0.29, 0.717) is 12.2 Å². The average Bonchev–Trinajstić information content (AvgIpc) is 3.17. The minimum Gasteiger partial charge on any atom is -0.343 e. The van der Waals surface area contributed by atoms with Gasteiger partial charge in [-0.15, -0.1) is 0 Å². The van der Waals surface area contributed by atoms with Crippen LogP contribution in [0.25, 0.3) is 17.0 Å². The van der Waals surface area contributed by atoms with E-state index < -0.39 is 5.91 Å². The van der Waals surface area contributed by atoms with Crippen molar-refractivity contribution in [2.24, 2.45) is 0 Å². The molecule has 0 saturated heterocycles. The molecule has 0 radical (unpaired) electrons. The van der Waals surface area contributed by atoms with E-state index in [1.165, 1.54) is 12.1 Å². The van der Waals surface area contributed by atoms with Gasteiger partial charge in [0.1, 0.15) is 17.5 Å². The number of anilines is 1. The maximum absolute atomic E-state index is 13.5. The molecule has 3 aromatic carbocycles. The number of fused-ring (bicyclic) bond motifs is 1. The molecule has 0 aliphatic heterocycles. The summed E-state index contributed by atoms with van der Waals surface area (Å²) in [6.07, 6.45) is 3.53. The number of carbonyl (C=O) groups is 1. The normalized spacial score (nSPS) is 11.4. The predicted molar refractivity (Wildman–Crippen MR) is 126 cm³/mol. The van der Waals surface area contributed by atoms with Gasteiger partial charge in [0.2, 0.25) is 0 Å². The van der Waals surface area contributed by atoms with E-state index in [2.05, 4.69) is 5.32 Å². The van der Waals surface area contributed by atoms with Crippen LogP contribution in [0.4, 0.5) is 10.1 Å². The summed E-state index contributed by atoms with van der Waals surface area (Å²) in [5.41, 5.74) is 5.39. The van der Waals surface area contributed by atoms with Crippen LogP contribution in [0.1, 0.15) is 22.3 Å². The van der Waals surface area contributed by atoms with Crippen LogP contribution in [0.15, 0.2) is 78.5 Å². The molecule has 0 saturated carbocycles. The highest BCUT2D eigenvalue weighted by molar-refractivity contribution is 6.10. The maximum atomic E-state index is 13.5. The summed E-state index contributed by atoms with van der Waals surface area (Å²) in [7, 11) is 0. The predicted octanol–water partition coefficient (Wildman–Crippen LogP) is 5.99. The third-order valence-electron chi connectivity index (χ3n) is 5.57. The van der Waals surface area contributed by atoms with Crippen LogP contribution in [0, 0.1) is 31.0 Å². The van der Waals surface area contributed by atoms with Crippen LogP contribution in [-0.4, -0.2) is 10.5 Å². The molecule has 32 heavy (non-hydrogen) atoms. The molecule has 1 N–H and O–H groups in total. The first-order valence-corrected chi connectivity index (χ1v) is 10.3. The van der Waals surface area contributed by atoms with Gasteiger partial charge in [-0.2, -0.15) is 5.26 Å². The van der Waals surface area contributed by atoms with E-state index in [1.807, 2.05) is 79.2 Å². The first-order valence-electron chi connectivity index (χ1n) is 10.3. The second-order valence-electron chi connectivity index (χ2n) is 7.76. The molecule has 0 unspecified atom stereocenters. The molecular weight excluding hydrogens is 401 g/mol. The molecule has 4 aromatic rings. The topological polar surface area (TPSA) is 57.8 Å². The summed E-state index contributed by atoms with van der Waals surface area (Å²) in [6.45, 7) is 4.46. The lowest BCUT2D eigenvalue weighted by Gasteiger charge is -2.10. The van der Waals surface area contributed by atoms with Crippen molar-refractivity contribution in [1.29, 1.82) is 5.26 Å². The largest absolute Gasteiger partial charge is 0.343 e. The minimum atomic E-state index is -0.440. The monoisotopic (exact) mass is 423 g/mol. The summed E-state index contributed by atoms with van der Waals surface area (Å²) < 4.78 is 15.5. The molecule has 1 aromatic heterocycles. The second kappa shape index (κ2) is 8.91. The number of halogens is 1. The molecule has 0 spiro atoms. The zero-order chi connectivity index (χ0) is 22.7. The van der Waals surface area contributed by atoms with Crippen LogP contribution >= 0.6 is 0 Å². The summed E-state index contributed by atoms with van der Waals surface area (Å²) in [5.74, 6) is -0.695. The summed E-state index contributed by atoms with van der Waals surface area (Å²) in [5, 5.41) is 13.4. The molecule has 0 atom stereocenters. The number of carbonyl (C=O) groups excluding carboxylic acids is 1. The van der Waals surface area contributed by atoms with Crippen molar-refractivity contribution in [2.45, 2.75) is 20.4 Å².